The number of likely N-dealkylation sites (N-methyl/N-ethyl adjacent to an activating group) is 3. The highest BCUT2D eigenvalue weighted by molar-refractivity contribution is 5.94. The van der Waals surface area contributed by atoms with Gasteiger partial charge in [-0.1, -0.05) is 43.7 Å². The second kappa shape index (κ2) is 27.7. The Bertz CT molecular complexity index is 2310. The van der Waals surface area contributed by atoms with Crippen LogP contribution in [0.25, 0.3) is 0 Å². The average molecular weight is 1070 g/mol. The van der Waals surface area contributed by atoms with Crippen LogP contribution in [0.2, 0.25) is 0 Å². The van der Waals surface area contributed by atoms with Gasteiger partial charge in [-0.05, 0) is 76.6 Å². The summed E-state index contributed by atoms with van der Waals surface area (Å²) >= 11 is 0. The molecule has 1 aromatic carbocycles. The Morgan fingerprint density at radius 1 is 1.00 bits per heavy atom. The number of aliphatic hydroxyl groups is 1. The van der Waals surface area contributed by atoms with Crippen molar-refractivity contribution >= 4 is 47.7 Å². The molecule has 0 spiro atoms. The van der Waals surface area contributed by atoms with Crippen molar-refractivity contribution in [2.45, 2.75) is 146 Å². The molecule has 5 rings (SSSR count). The highest BCUT2D eigenvalue weighted by Gasteiger charge is 2.64. The summed E-state index contributed by atoms with van der Waals surface area (Å²) < 4.78 is 46.4. The molecule has 3 N–H and O–H groups in total. The molecule has 3 aliphatic heterocycles. The first-order valence-electron chi connectivity index (χ1n) is 26.0. The maximum absolute atomic E-state index is 14.3. The van der Waals surface area contributed by atoms with E-state index in [-0.39, 0.29) is 51.0 Å². The molecule has 0 saturated carbocycles. The number of nitrogens with one attached hydrogen (secondary N) is 2. The number of anilines is 1. The van der Waals surface area contributed by atoms with E-state index in [0.29, 0.717) is 50.3 Å². The van der Waals surface area contributed by atoms with Crippen LogP contribution in [0.5, 0.6) is 5.75 Å². The van der Waals surface area contributed by atoms with Gasteiger partial charge in [0.15, 0.2) is 5.72 Å². The number of epoxide rings is 1. The summed E-state index contributed by atoms with van der Waals surface area (Å²) in [6.07, 6.45) is 5.69. The normalized spacial score (nSPS) is 28.7. The van der Waals surface area contributed by atoms with Crippen LogP contribution in [-0.4, -0.2) is 191 Å². The first-order chi connectivity index (χ1) is 36.0. The Morgan fingerprint density at radius 3 is 2.42 bits per heavy atom. The Hall–Kier alpha value is -6.23. The number of alkyl carbamates (subject to hydrolysis) is 1. The molecule has 2 fully saturated rings. The highest BCUT2D eigenvalue weighted by atomic mass is 16.7. The lowest BCUT2D eigenvalue weighted by Crippen LogP contribution is -2.63. The van der Waals surface area contributed by atoms with Crippen LogP contribution < -0.4 is 20.3 Å². The smallest absolute Gasteiger partial charge is 0.410 e. The van der Waals surface area contributed by atoms with Crippen molar-refractivity contribution in [3.63, 3.8) is 0 Å². The molecular formula is C54H80N6O16. The number of rotatable bonds is 17. The maximum Gasteiger partial charge on any atom is 0.410 e. The van der Waals surface area contributed by atoms with E-state index in [9.17, 15) is 38.7 Å². The highest BCUT2D eigenvalue weighted by Crippen LogP contribution is 2.49. The SMILES string of the molecule is CCC(=O)NCCOC1C/C=C/C(OC(=O)N(C)CCN(C)C(=O)OCCC(=O)N(C)[C@@H](C)C(=O)O[C@H]2CC(=O)N(C)c3cc(cc(OC)c3)C/C(C)=C/C=C/C(OC)C3(O)C[C@H](OC(=O)N3)[C@@H](C)[C@@H]3O[C@@]23C)CCC1. The Kier molecular flexibility index (Phi) is 22.1. The van der Waals surface area contributed by atoms with Gasteiger partial charge in [-0.25, -0.2) is 19.2 Å². The Labute approximate surface area is 446 Å². The van der Waals surface area contributed by atoms with E-state index in [1.165, 1.54) is 49.9 Å². The Balaban J connectivity index is 1.17. The van der Waals surface area contributed by atoms with Crippen molar-refractivity contribution in [1.29, 1.82) is 0 Å². The van der Waals surface area contributed by atoms with Gasteiger partial charge < -0.3 is 67.9 Å². The van der Waals surface area contributed by atoms with Crippen molar-refractivity contribution in [2.24, 2.45) is 5.92 Å². The van der Waals surface area contributed by atoms with E-state index in [2.05, 4.69) is 10.6 Å². The fraction of sp³-hybridized carbons (Fsp3) is 0.648. The molecule has 6 amide bonds. The van der Waals surface area contributed by atoms with Crippen molar-refractivity contribution < 1.29 is 76.6 Å². The first kappa shape index (κ1) is 60.6. The van der Waals surface area contributed by atoms with Gasteiger partial charge in [0, 0.05) is 85.4 Å². The topological polar surface area (TPSA) is 254 Å². The first-order valence-corrected chi connectivity index (χ1v) is 26.0. The van der Waals surface area contributed by atoms with E-state index < -0.39 is 89.9 Å². The summed E-state index contributed by atoms with van der Waals surface area (Å²) in [6.45, 7) is 9.47. The lowest BCUT2D eigenvalue weighted by molar-refractivity contribution is -0.162. The van der Waals surface area contributed by atoms with E-state index in [0.717, 1.165) is 28.9 Å². The van der Waals surface area contributed by atoms with E-state index in [1.54, 1.807) is 53.1 Å². The molecule has 22 heteroatoms. The monoisotopic (exact) mass is 1070 g/mol. The predicted molar refractivity (Wildman–Crippen MR) is 278 cm³/mol. The molecule has 10 atom stereocenters. The summed E-state index contributed by atoms with van der Waals surface area (Å²) in [4.78, 5) is 97.3. The number of carbonyl (C=O) groups is 7. The zero-order chi connectivity index (χ0) is 55.9. The standard InChI is InChI=1S/C54H80N6O16/c1-12-45(61)55-23-27-71-39-17-14-19-40(20-15-18-39)73-52(67)58(7)25-24-57(6)51(66)72-26-22-46(62)59(8)36(4)49(64)75-44-32-47(63)60(9)38-29-37(30-41(31-38)69-10)28-34(2)16-13-21-43(70-11)54(68)33-42(74-50(65)56-54)35(3)48-53(44,5)76-48/h13-14,16,19,21,29-31,35-36,39-40,42-44,48,68H,12,15,17-18,20,22-28,32-33H2,1-11H3,(H,55,61)(H,56,65)/b19-14+,21-13+,34-16+/t35-,36+,39?,40?,42+,43?,44+,48+,53+,54?/m1/s1. The molecule has 0 radical (unpaired) electrons. The van der Waals surface area contributed by atoms with Crippen LogP contribution in [0.1, 0.15) is 91.5 Å². The number of benzene rings is 1. The van der Waals surface area contributed by atoms with Crippen LogP contribution in [0.15, 0.2) is 54.2 Å². The van der Waals surface area contributed by atoms with Crippen molar-refractivity contribution in [1.82, 2.24) is 25.3 Å². The van der Waals surface area contributed by atoms with Gasteiger partial charge >= 0.3 is 24.2 Å². The number of amides is 6. The van der Waals surface area contributed by atoms with Gasteiger partial charge in [-0.2, -0.15) is 0 Å². The number of carbonyl (C=O) groups excluding carboxylic acids is 7. The molecule has 4 bridgehead atoms. The number of methoxy groups -OCH3 is 2. The molecule has 0 aromatic heterocycles. The van der Waals surface area contributed by atoms with E-state index in [1.807, 2.05) is 37.3 Å². The lowest BCUT2D eigenvalue weighted by Gasteiger charge is -2.42. The summed E-state index contributed by atoms with van der Waals surface area (Å²) in [7, 11) is 9.02. The van der Waals surface area contributed by atoms with Crippen LogP contribution in [0.3, 0.4) is 0 Å². The zero-order valence-corrected chi connectivity index (χ0v) is 46.0. The van der Waals surface area contributed by atoms with Crippen LogP contribution in [0.4, 0.5) is 20.1 Å². The number of allylic oxidation sites excluding steroid dienone is 3. The number of hydrogen-bond donors (Lipinski definition) is 3. The minimum atomic E-state index is -1.87. The summed E-state index contributed by atoms with van der Waals surface area (Å²) in [5.41, 5.74) is -0.860. The minimum Gasteiger partial charge on any atom is -0.497 e. The average Bonchev–Trinajstić information content (AvgIpc) is 4.10. The molecule has 76 heavy (non-hydrogen) atoms. The number of hydrogen-bond acceptors (Lipinski definition) is 16. The second-order valence-corrected chi connectivity index (χ2v) is 20.2. The molecular weight excluding hydrogens is 989 g/mol. The minimum absolute atomic E-state index is 0.0109. The van der Waals surface area contributed by atoms with E-state index >= 15 is 0 Å². The number of ether oxygens (including phenoxy) is 8. The second-order valence-electron chi connectivity index (χ2n) is 20.2. The predicted octanol–water partition coefficient (Wildman–Crippen LogP) is 4.80. The molecule has 4 aliphatic rings. The number of esters is 1. The fourth-order valence-electron chi connectivity index (χ4n) is 9.30. The van der Waals surface area contributed by atoms with Crippen molar-refractivity contribution in [2.75, 3.05) is 80.2 Å². The van der Waals surface area contributed by atoms with Gasteiger partial charge in [0.2, 0.25) is 17.7 Å². The van der Waals surface area contributed by atoms with Crippen LogP contribution in [0, 0.1) is 5.92 Å². The van der Waals surface area contributed by atoms with Crippen molar-refractivity contribution in [3.05, 3.63) is 59.7 Å². The lowest BCUT2D eigenvalue weighted by atomic mass is 9.83. The van der Waals surface area contributed by atoms with Gasteiger partial charge in [0.1, 0.15) is 48.4 Å². The Morgan fingerprint density at radius 2 is 1.72 bits per heavy atom. The molecule has 22 nitrogen and oxygen atoms in total. The zero-order valence-electron chi connectivity index (χ0n) is 46.0. The molecule has 1 aromatic rings. The van der Waals surface area contributed by atoms with Gasteiger partial charge in [-0.3, -0.25) is 19.7 Å². The fourth-order valence-corrected chi connectivity index (χ4v) is 9.30. The van der Waals surface area contributed by atoms with Gasteiger partial charge in [-0.15, -0.1) is 0 Å². The third-order valence-electron chi connectivity index (χ3n) is 14.5. The summed E-state index contributed by atoms with van der Waals surface area (Å²) in [6, 6.07) is 4.27. The van der Waals surface area contributed by atoms with Gasteiger partial charge in [0.25, 0.3) is 0 Å². The number of fused-ring (bicyclic) bond motifs is 5. The summed E-state index contributed by atoms with van der Waals surface area (Å²) in [5, 5.41) is 17.1. The van der Waals surface area contributed by atoms with Crippen molar-refractivity contribution in [3.8, 4) is 5.75 Å². The molecule has 3 heterocycles. The van der Waals surface area contributed by atoms with Crippen LogP contribution in [-0.2, 0) is 58.8 Å². The van der Waals surface area contributed by atoms with Crippen LogP contribution >= 0.6 is 0 Å². The molecule has 422 valence electrons. The quantitative estimate of drug-likeness (QED) is 0.0623. The molecule has 1 aliphatic carbocycles. The largest absolute Gasteiger partial charge is 0.497 e. The third-order valence-corrected chi connectivity index (χ3v) is 14.5. The molecule has 2 saturated heterocycles. The number of nitrogens with zero attached hydrogens (tertiary/aromatic N) is 4. The summed E-state index contributed by atoms with van der Waals surface area (Å²) in [5.74, 6) is -1.89. The van der Waals surface area contributed by atoms with Gasteiger partial charge in [0.05, 0.1) is 38.8 Å². The van der Waals surface area contributed by atoms with E-state index in [4.69, 9.17) is 37.9 Å². The third kappa shape index (κ3) is 16.6. The maximum atomic E-state index is 14.3. The molecule has 4 unspecified atom stereocenters.